The van der Waals surface area contributed by atoms with Crippen molar-refractivity contribution in [2.45, 2.75) is 18.7 Å². The Hall–Kier alpha value is -1.91. The van der Waals surface area contributed by atoms with Crippen molar-refractivity contribution in [1.29, 1.82) is 0 Å². The van der Waals surface area contributed by atoms with E-state index in [2.05, 4.69) is 4.72 Å². The van der Waals surface area contributed by atoms with E-state index in [9.17, 15) is 8.42 Å². The summed E-state index contributed by atoms with van der Waals surface area (Å²) < 4.78 is 26.7. The summed E-state index contributed by atoms with van der Waals surface area (Å²) in [6, 6.07) is 14.9. The van der Waals surface area contributed by atoms with Crippen LogP contribution in [0.3, 0.4) is 0 Å². The molecule has 0 saturated heterocycles. The van der Waals surface area contributed by atoms with Gasteiger partial charge in [0.1, 0.15) is 0 Å². The lowest BCUT2D eigenvalue weighted by molar-refractivity contribution is 0.585. The fraction of sp³-hybridized carbons (Fsp3) is 0.176. The first-order valence-corrected chi connectivity index (χ1v) is 8.25. The molecule has 0 aliphatic rings. The largest absolute Gasteiger partial charge is 0.240 e. The maximum absolute atomic E-state index is 12.1. The van der Waals surface area contributed by atoms with Gasteiger partial charge in [-0.2, -0.15) is 0 Å². The maximum atomic E-state index is 12.1. The second kappa shape index (κ2) is 6.70. The maximum Gasteiger partial charge on any atom is 0.240 e. The highest BCUT2D eigenvalue weighted by atomic mass is 32.2. The summed E-state index contributed by atoms with van der Waals surface area (Å²) in [7, 11) is -3.44. The van der Waals surface area contributed by atoms with Crippen LogP contribution in [-0.4, -0.2) is 15.0 Å². The number of sulfonamides is 1. The fourth-order valence-electron chi connectivity index (χ4n) is 1.83. The molecule has 0 bridgehead atoms. The highest BCUT2D eigenvalue weighted by Crippen LogP contribution is 2.10. The summed E-state index contributed by atoms with van der Waals surface area (Å²) in [6.07, 6.45) is 3.70. The third-order valence-corrected chi connectivity index (χ3v) is 4.55. The highest BCUT2D eigenvalue weighted by molar-refractivity contribution is 7.89. The molecule has 0 atom stereocenters. The Balaban J connectivity index is 1.96. The van der Waals surface area contributed by atoms with Crippen LogP contribution in [0.25, 0.3) is 6.08 Å². The van der Waals surface area contributed by atoms with E-state index in [0.29, 0.717) is 0 Å². The van der Waals surface area contributed by atoms with E-state index in [1.165, 1.54) is 5.56 Å². The average molecular weight is 301 g/mol. The van der Waals surface area contributed by atoms with Gasteiger partial charge in [-0.1, -0.05) is 59.7 Å². The van der Waals surface area contributed by atoms with Crippen molar-refractivity contribution in [2.75, 3.05) is 6.54 Å². The Labute approximate surface area is 126 Å². The molecule has 0 aliphatic heterocycles. The molecule has 0 amide bonds. The lowest BCUT2D eigenvalue weighted by Gasteiger charge is -2.04. The van der Waals surface area contributed by atoms with Crippen molar-refractivity contribution in [2.24, 2.45) is 0 Å². The SMILES string of the molecule is Cc1ccc(/C=C/CNS(=O)(=O)c2ccc(C)cc2)cc1. The molecule has 2 rings (SSSR count). The molecule has 110 valence electrons. The predicted molar refractivity (Wildman–Crippen MR) is 86.6 cm³/mol. The van der Waals surface area contributed by atoms with Gasteiger partial charge in [-0.3, -0.25) is 0 Å². The molecule has 0 aromatic heterocycles. The smallest absolute Gasteiger partial charge is 0.207 e. The molecule has 0 saturated carbocycles. The van der Waals surface area contributed by atoms with E-state index < -0.39 is 10.0 Å². The summed E-state index contributed by atoms with van der Waals surface area (Å²) in [5.41, 5.74) is 3.29. The van der Waals surface area contributed by atoms with Crippen molar-refractivity contribution in [1.82, 2.24) is 4.72 Å². The van der Waals surface area contributed by atoms with Gasteiger partial charge in [0, 0.05) is 6.54 Å². The first-order valence-electron chi connectivity index (χ1n) is 6.77. The lowest BCUT2D eigenvalue weighted by atomic mass is 10.1. The number of nitrogens with one attached hydrogen (secondary N) is 1. The molecule has 0 radical (unpaired) electrons. The molecule has 2 aromatic carbocycles. The van der Waals surface area contributed by atoms with Gasteiger partial charge in [0.05, 0.1) is 4.90 Å². The van der Waals surface area contributed by atoms with Crippen LogP contribution >= 0.6 is 0 Å². The zero-order valence-corrected chi connectivity index (χ0v) is 13.0. The van der Waals surface area contributed by atoms with Gasteiger partial charge in [-0.05, 0) is 31.5 Å². The third-order valence-electron chi connectivity index (χ3n) is 3.11. The van der Waals surface area contributed by atoms with Crippen LogP contribution in [0.5, 0.6) is 0 Å². The van der Waals surface area contributed by atoms with Gasteiger partial charge in [-0.15, -0.1) is 0 Å². The van der Waals surface area contributed by atoms with Crippen molar-refractivity contribution < 1.29 is 8.42 Å². The van der Waals surface area contributed by atoms with Crippen LogP contribution in [0.15, 0.2) is 59.5 Å². The van der Waals surface area contributed by atoms with Crippen molar-refractivity contribution in [3.63, 3.8) is 0 Å². The van der Waals surface area contributed by atoms with Gasteiger partial charge in [-0.25, -0.2) is 13.1 Å². The quantitative estimate of drug-likeness (QED) is 0.921. The first-order chi connectivity index (χ1) is 9.97. The third kappa shape index (κ3) is 4.55. The fourth-order valence-corrected chi connectivity index (χ4v) is 2.81. The van der Waals surface area contributed by atoms with Crippen LogP contribution in [0, 0.1) is 13.8 Å². The second-order valence-corrected chi connectivity index (χ2v) is 6.74. The average Bonchev–Trinajstić information content (AvgIpc) is 2.46. The molecule has 3 nitrogen and oxygen atoms in total. The number of hydrogen-bond donors (Lipinski definition) is 1. The standard InChI is InChI=1S/C17H19NO2S/c1-14-5-9-16(10-6-14)4-3-13-18-21(19,20)17-11-7-15(2)8-12-17/h3-12,18H,13H2,1-2H3/b4-3+. The summed E-state index contributed by atoms with van der Waals surface area (Å²) in [6.45, 7) is 4.22. The Morgan fingerprint density at radius 1 is 0.905 bits per heavy atom. The van der Waals surface area contributed by atoms with E-state index in [0.717, 1.165) is 11.1 Å². The van der Waals surface area contributed by atoms with E-state index >= 15 is 0 Å². The first kappa shape index (κ1) is 15.5. The van der Waals surface area contributed by atoms with Gasteiger partial charge < -0.3 is 0 Å². The minimum absolute atomic E-state index is 0.268. The Bertz CT molecular complexity index is 714. The minimum atomic E-state index is -3.44. The zero-order chi connectivity index (χ0) is 15.3. The lowest BCUT2D eigenvalue weighted by Crippen LogP contribution is -2.23. The molecule has 2 aromatic rings. The molecule has 0 heterocycles. The minimum Gasteiger partial charge on any atom is -0.207 e. The second-order valence-electron chi connectivity index (χ2n) is 4.98. The van der Waals surface area contributed by atoms with E-state index in [-0.39, 0.29) is 11.4 Å². The van der Waals surface area contributed by atoms with Crippen LogP contribution in [-0.2, 0) is 10.0 Å². The molecular formula is C17H19NO2S. The number of hydrogen-bond acceptors (Lipinski definition) is 2. The van der Waals surface area contributed by atoms with Gasteiger partial charge in [0.2, 0.25) is 10.0 Å². The molecule has 0 spiro atoms. The summed E-state index contributed by atoms with van der Waals surface area (Å²) >= 11 is 0. The van der Waals surface area contributed by atoms with Crippen LogP contribution in [0.4, 0.5) is 0 Å². The van der Waals surface area contributed by atoms with E-state index in [1.807, 2.05) is 44.2 Å². The van der Waals surface area contributed by atoms with Crippen molar-refractivity contribution >= 4 is 16.1 Å². The van der Waals surface area contributed by atoms with E-state index in [1.54, 1.807) is 30.3 Å². The Morgan fingerprint density at radius 2 is 1.43 bits per heavy atom. The topological polar surface area (TPSA) is 46.2 Å². The predicted octanol–water partition coefficient (Wildman–Crippen LogP) is 3.30. The molecule has 1 N–H and O–H groups in total. The number of aryl methyl sites for hydroxylation is 2. The van der Waals surface area contributed by atoms with Crippen LogP contribution in [0.2, 0.25) is 0 Å². The molecule has 21 heavy (non-hydrogen) atoms. The summed E-state index contributed by atoms with van der Waals surface area (Å²) in [4.78, 5) is 0.289. The molecular weight excluding hydrogens is 282 g/mol. The van der Waals surface area contributed by atoms with Gasteiger partial charge in [0.25, 0.3) is 0 Å². The van der Waals surface area contributed by atoms with Gasteiger partial charge >= 0.3 is 0 Å². The normalized spacial score (nSPS) is 11.9. The number of rotatable bonds is 5. The number of benzene rings is 2. The molecule has 0 unspecified atom stereocenters. The summed E-state index contributed by atoms with van der Waals surface area (Å²) in [5.74, 6) is 0. The van der Waals surface area contributed by atoms with Crippen molar-refractivity contribution in [3.8, 4) is 0 Å². The summed E-state index contributed by atoms with van der Waals surface area (Å²) in [5, 5.41) is 0. The molecule has 4 heteroatoms. The molecule has 0 aliphatic carbocycles. The van der Waals surface area contributed by atoms with Crippen molar-refractivity contribution in [3.05, 3.63) is 71.3 Å². The zero-order valence-electron chi connectivity index (χ0n) is 12.2. The Morgan fingerprint density at radius 3 is 2.00 bits per heavy atom. The molecule has 0 fully saturated rings. The van der Waals surface area contributed by atoms with Gasteiger partial charge in [0.15, 0.2) is 0 Å². The monoisotopic (exact) mass is 301 g/mol. The Kier molecular flexibility index (Phi) is 4.94. The van der Waals surface area contributed by atoms with Crippen LogP contribution in [0.1, 0.15) is 16.7 Å². The van der Waals surface area contributed by atoms with E-state index in [4.69, 9.17) is 0 Å². The highest BCUT2D eigenvalue weighted by Gasteiger charge is 2.11. The van der Waals surface area contributed by atoms with Crippen LogP contribution < -0.4 is 4.72 Å².